The fraction of sp³-hybridized carbons (Fsp3) is 0.600. The number of benzene rings is 1. The summed E-state index contributed by atoms with van der Waals surface area (Å²) in [6, 6.07) is 8.52. The molecule has 1 aromatic rings. The van der Waals surface area contributed by atoms with Crippen molar-refractivity contribution in [1.82, 2.24) is 4.81 Å². The summed E-state index contributed by atoms with van der Waals surface area (Å²) in [4.78, 5) is 2.37. The van der Waals surface area contributed by atoms with Gasteiger partial charge in [0.05, 0.1) is 0 Å². The van der Waals surface area contributed by atoms with Crippen LogP contribution in [-0.2, 0) is 4.65 Å². The minimum atomic E-state index is 0.0867. The predicted octanol–water partition coefficient (Wildman–Crippen LogP) is 2.70. The minimum absolute atomic E-state index is 0.0867. The minimum Gasteiger partial charge on any atom is -0.417 e. The van der Waals surface area contributed by atoms with E-state index in [2.05, 4.69) is 63.7 Å². The lowest BCUT2D eigenvalue weighted by Crippen LogP contribution is -2.51. The van der Waals surface area contributed by atoms with Gasteiger partial charge in [-0.2, -0.15) is 0 Å². The van der Waals surface area contributed by atoms with Gasteiger partial charge in [0, 0.05) is 6.61 Å². The molecule has 0 saturated heterocycles. The highest BCUT2D eigenvalue weighted by Crippen LogP contribution is 2.05. The molecule has 0 amide bonds. The van der Waals surface area contributed by atoms with E-state index < -0.39 is 0 Å². The van der Waals surface area contributed by atoms with Crippen molar-refractivity contribution in [2.24, 2.45) is 5.92 Å². The van der Waals surface area contributed by atoms with Gasteiger partial charge in [-0.1, -0.05) is 57.5 Å². The third-order valence-electron chi connectivity index (χ3n) is 3.19. The van der Waals surface area contributed by atoms with Gasteiger partial charge in [0.15, 0.2) is 0 Å². The summed E-state index contributed by atoms with van der Waals surface area (Å²) in [5.74, 6) is 0.562. The van der Waals surface area contributed by atoms with E-state index in [1.807, 2.05) is 0 Å². The topological polar surface area (TPSA) is 12.5 Å². The zero-order valence-corrected chi connectivity index (χ0v) is 12.4. The van der Waals surface area contributed by atoms with Gasteiger partial charge in [0.2, 0.25) is 0 Å². The van der Waals surface area contributed by atoms with E-state index in [1.54, 1.807) is 0 Å². The fourth-order valence-electron chi connectivity index (χ4n) is 2.09. The number of nitrogens with zero attached hydrogens (tertiary/aromatic N) is 1. The lowest BCUT2D eigenvalue weighted by Gasteiger charge is -2.28. The monoisotopic (exact) mass is 247 g/mol. The van der Waals surface area contributed by atoms with Gasteiger partial charge in [0.1, 0.15) is 0 Å². The molecule has 0 spiro atoms. The normalized spacial score (nSPS) is 11.3. The summed E-state index contributed by atoms with van der Waals surface area (Å²) >= 11 is 0. The third kappa shape index (κ3) is 4.15. The Balaban J connectivity index is 2.92. The molecular formula is C15H26BNO. The van der Waals surface area contributed by atoms with Crippen molar-refractivity contribution in [2.75, 3.05) is 19.7 Å². The molecule has 18 heavy (non-hydrogen) atoms. The van der Waals surface area contributed by atoms with Crippen LogP contribution >= 0.6 is 0 Å². The molecule has 0 fully saturated rings. The van der Waals surface area contributed by atoms with E-state index in [0.717, 1.165) is 19.7 Å². The highest BCUT2D eigenvalue weighted by Gasteiger charge is 2.27. The quantitative estimate of drug-likeness (QED) is 0.687. The molecule has 0 unspecified atom stereocenters. The highest BCUT2D eigenvalue weighted by atomic mass is 16.4. The Morgan fingerprint density at radius 1 is 1.17 bits per heavy atom. The molecule has 1 rings (SSSR count). The summed E-state index contributed by atoms with van der Waals surface area (Å²) in [7, 11) is 0.0867. The van der Waals surface area contributed by atoms with Crippen molar-refractivity contribution in [3.63, 3.8) is 0 Å². The first-order chi connectivity index (χ1) is 8.60. The lowest BCUT2D eigenvalue weighted by molar-refractivity contribution is 0.240. The molecule has 3 heteroatoms. The molecule has 0 radical (unpaired) electrons. The van der Waals surface area contributed by atoms with E-state index in [0.29, 0.717) is 5.92 Å². The Hall–Kier alpha value is -0.795. The van der Waals surface area contributed by atoms with Crippen molar-refractivity contribution in [3.05, 3.63) is 29.8 Å². The second kappa shape index (κ2) is 7.60. The van der Waals surface area contributed by atoms with E-state index >= 15 is 0 Å². The second-order valence-corrected chi connectivity index (χ2v) is 5.16. The van der Waals surface area contributed by atoms with Crippen molar-refractivity contribution < 1.29 is 4.65 Å². The SMILES string of the molecule is CCN(CC)B(OCC(C)C)c1ccccc1C. The van der Waals surface area contributed by atoms with Crippen LogP contribution in [0, 0.1) is 12.8 Å². The van der Waals surface area contributed by atoms with Crippen LogP contribution in [0.1, 0.15) is 33.3 Å². The van der Waals surface area contributed by atoms with Crippen molar-refractivity contribution in [3.8, 4) is 0 Å². The zero-order chi connectivity index (χ0) is 13.5. The maximum Gasteiger partial charge on any atom is 0.418 e. The average Bonchev–Trinajstić information content (AvgIpc) is 2.35. The fourth-order valence-corrected chi connectivity index (χ4v) is 2.09. The molecule has 0 aliphatic heterocycles. The van der Waals surface area contributed by atoms with Crippen molar-refractivity contribution in [1.29, 1.82) is 0 Å². The Labute approximate surface area is 112 Å². The van der Waals surface area contributed by atoms with Gasteiger partial charge >= 0.3 is 7.05 Å². The van der Waals surface area contributed by atoms with Crippen LogP contribution in [0.4, 0.5) is 0 Å². The van der Waals surface area contributed by atoms with E-state index in [4.69, 9.17) is 4.65 Å². The van der Waals surface area contributed by atoms with Crippen LogP contribution in [-0.4, -0.2) is 31.6 Å². The molecular weight excluding hydrogens is 221 g/mol. The first kappa shape index (κ1) is 15.3. The predicted molar refractivity (Wildman–Crippen MR) is 80.3 cm³/mol. The van der Waals surface area contributed by atoms with Gasteiger partial charge in [-0.3, -0.25) is 0 Å². The van der Waals surface area contributed by atoms with Crippen LogP contribution in [0.3, 0.4) is 0 Å². The van der Waals surface area contributed by atoms with E-state index in [1.165, 1.54) is 11.0 Å². The second-order valence-electron chi connectivity index (χ2n) is 5.16. The Bertz CT molecular complexity index is 350. The van der Waals surface area contributed by atoms with Crippen LogP contribution in [0.25, 0.3) is 0 Å². The average molecular weight is 247 g/mol. The van der Waals surface area contributed by atoms with Crippen LogP contribution in [0.15, 0.2) is 24.3 Å². The van der Waals surface area contributed by atoms with Gasteiger partial charge in [-0.15, -0.1) is 0 Å². The molecule has 2 nitrogen and oxygen atoms in total. The molecule has 0 bridgehead atoms. The summed E-state index contributed by atoms with van der Waals surface area (Å²) < 4.78 is 6.14. The van der Waals surface area contributed by atoms with E-state index in [9.17, 15) is 0 Å². The number of hydrogen-bond donors (Lipinski definition) is 0. The molecule has 0 N–H and O–H groups in total. The summed E-state index contributed by atoms with van der Waals surface area (Å²) in [6.07, 6.45) is 0. The molecule has 1 aromatic carbocycles. The molecule has 0 saturated carbocycles. The summed E-state index contributed by atoms with van der Waals surface area (Å²) in [5, 5.41) is 0. The first-order valence-corrected chi connectivity index (χ1v) is 7.01. The number of rotatable bonds is 7. The van der Waals surface area contributed by atoms with Crippen LogP contribution < -0.4 is 5.46 Å². The number of hydrogen-bond acceptors (Lipinski definition) is 2. The largest absolute Gasteiger partial charge is 0.418 e. The Kier molecular flexibility index (Phi) is 6.44. The third-order valence-corrected chi connectivity index (χ3v) is 3.19. The molecule has 100 valence electrons. The van der Waals surface area contributed by atoms with Gasteiger partial charge in [-0.05, 0) is 31.4 Å². The smallest absolute Gasteiger partial charge is 0.417 e. The molecule has 0 aliphatic rings. The summed E-state index contributed by atoms with van der Waals surface area (Å²) in [5.41, 5.74) is 2.60. The molecule has 0 aromatic heterocycles. The standard InChI is InChI=1S/C15H26BNO/c1-6-17(7-2)16(18-12-13(3)4)15-11-9-8-10-14(15)5/h8-11,13H,6-7,12H2,1-5H3. The Morgan fingerprint density at radius 2 is 1.78 bits per heavy atom. The molecule has 0 heterocycles. The van der Waals surface area contributed by atoms with Gasteiger partial charge < -0.3 is 9.47 Å². The van der Waals surface area contributed by atoms with Crippen LogP contribution in [0.5, 0.6) is 0 Å². The molecule has 0 atom stereocenters. The molecule has 0 aliphatic carbocycles. The maximum atomic E-state index is 6.14. The highest BCUT2D eigenvalue weighted by molar-refractivity contribution is 6.65. The van der Waals surface area contributed by atoms with Gasteiger partial charge in [-0.25, -0.2) is 0 Å². The lowest BCUT2D eigenvalue weighted by atomic mass is 9.69. The summed E-state index contributed by atoms with van der Waals surface area (Å²) in [6.45, 7) is 13.7. The zero-order valence-electron chi connectivity index (χ0n) is 12.4. The Morgan fingerprint density at radius 3 is 2.28 bits per heavy atom. The van der Waals surface area contributed by atoms with Gasteiger partial charge in [0.25, 0.3) is 0 Å². The van der Waals surface area contributed by atoms with Crippen molar-refractivity contribution in [2.45, 2.75) is 34.6 Å². The number of aryl methyl sites for hydroxylation is 1. The van der Waals surface area contributed by atoms with Crippen molar-refractivity contribution >= 4 is 12.5 Å². The first-order valence-electron chi connectivity index (χ1n) is 7.01. The van der Waals surface area contributed by atoms with Crippen LogP contribution in [0.2, 0.25) is 0 Å². The maximum absolute atomic E-state index is 6.14. The van der Waals surface area contributed by atoms with E-state index in [-0.39, 0.29) is 7.05 Å².